The molecule has 0 aliphatic rings. The van der Waals surface area contributed by atoms with Gasteiger partial charge in [0.1, 0.15) is 11.5 Å². The Balaban J connectivity index is 2.11. The number of hydrogen-bond acceptors (Lipinski definition) is 6. The van der Waals surface area contributed by atoms with E-state index in [1.807, 2.05) is 32.0 Å². The van der Waals surface area contributed by atoms with E-state index in [2.05, 4.69) is 15.5 Å². The lowest BCUT2D eigenvalue weighted by Gasteiger charge is -2.13. The van der Waals surface area contributed by atoms with Crippen molar-refractivity contribution in [3.63, 3.8) is 0 Å². The zero-order valence-corrected chi connectivity index (χ0v) is 12.0. The first-order valence-corrected chi connectivity index (χ1v) is 6.65. The Morgan fingerprint density at radius 3 is 2.65 bits per heavy atom. The molecule has 0 amide bonds. The molecule has 0 spiro atoms. The molecule has 0 bridgehead atoms. The first-order chi connectivity index (χ1) is 9.72. The highest BCUT2D eigenvalue weighted by molar-refractivity contribution is 5.59. The summed E-state index contributed by atoms with van der Waals surface area (Å²) < 4.78 is 16.0. The maximum atomic E-state index is 5.58. The van der Waals surface area contributed by atoms with Gasteiger partial charge in [-0.25, -0.2) is 0 Å². The van der Waals surface area contributed by atoms with Crippen LogP contribution in [0, 0.1) is 6.92 Å². The van der Waals surface area contributed by atoms with E-state index in [-0.39, 0.29) is 0 Å². The maximum absolute atomic E-state index is 5.58. The average Bonchev–Trinajstić information content (AvgIpc) is 2.85. The second-order valence-electron chi connectivity index (χ2n) is 4.11. The molecule has 2 aromatic rings. The number of nitrogens with one attached hydrogen (secondary N) is 1. The Morgan fingerprint density at radius 1 is 1.20 bits per heavy atom. The number of ether oxygens (including phenoxy) is 2. The topological polar surface area (TPSA) is 69.4 Å². The molecule has 1 aromatic carbocycles. The number of aryl methyl sites for hydroxylation is 1. The summed E-state index contributed by atoms with van der Waals surface area (Å²) in [6, 6.07) is 5.68. The Hall–Kier alpha value is -2.24. The van der Waals surface area contributed by atoms with Crippen molar-refractivity contribution in [3.05, 3.63) is 29.9 Å². The van der Waals surface area contributed by atoms with E-state index in [1.54, 1.807) is 6.92 Å². The van der Waals surface area contributed by atoms with Crippen molar-refractivity contribution >= 4 is 5.69 Å². The molecule has 6 heteroatoms. The van der Waals surface area contributed by atoms with Crippen LogP contribution in [0.1, 0.15) is 25.6 Å². The summed E-state index contributed by atoms with van der Waals surface area (Å²) >= 11 is 0. The summed E-state index contributed by atoms with van der Waals surface area (Å²) in [5, 5.41) is 7.08. The second-order valence-corrected chi connectivity index (χ2v) is 4.11. The third-order valence-corrected chi connectivity index (χ3v) is 2.57. The van der Waals surface area contributed by atoms with E-state index in [4.69, 9.17) is 14.0 Å². The smallest absolute Gasteiger partial charge is 0.223 e. The van der Waals surface area contributed by atoms with Crippen molar-refractivity contribution in [2.75, 3.05) is 18.5 Å². The first-order valence-electron chi connectivity index (χ1n) is 6.65. The molecule has 0 aliphatic heterocycles. The fraction of sp³-hybridized carbons (Fsp3) is 0.429. The minimum atomic E-state index is 0.465. The van der Waals surface area contributed by atoms with Crippen molar-refractivity contribution in [1.82, 2.24) is 10.1 Å². The third kappa shape index (κ3) is 3.63. The van der Waals surface area contributed by atoms with Crippen LogP contribution in [0.15, 0.2) is 22.7 Å². The summed E-state index contributed by atoms with van der Waals surface area (Å²) in [6.45, 7) is 7.35. The zero-order chi connectivity index (χ0) is 14.4. The van der Waals surface area contributed by atoms with Crippen LogP contribution >= 0.6 is 0 Å². The van der Waals surface area contributed by atoms with Crippen LogP contribution in [0.5, 0.6) is 11.5 Å². The highest BCUT2D eigenvalue weighted by Crippen LogP contribution is 2.29. The molecule has 0 unspecified atom stereocenters. The lowest BCUT2D eigenvalue weighted by molar-refractivity contribution is 0.331. The highest BCUT2D eigenvalue weighted by atomic mass is 16.5. The van der Waals surface area contributed by atoms with Crippen LogP contribution in [-0.4, -0.2) is 23.4 Å². The molecular weight excluding hydrogens is 258 g/mol. The summed E-state index contributed by atoms with van der Waals surface area (Å²) in [5.74, 6) is 2.72. The van der Waals surface area contributed by atoms with Gasteiger partial charge in [-0.1, -0.05) is 5.16 Å². The Morgan fingerprint density at radius 2 is 2.00 bits per heavy atom. The van der Waals surface area contributed by atoms with Gasteiger partial charge in [-0.15, -0.1) is 0 Å². The molecule has 1 heterocycles. The van der Waals surface area contributed by atoms with Crippen molar-refractivity contribution in [3.8, 4) is 11.5 Å². The van der Waals surface area contributed by atoms with E-state index < -0.39 is 0 Å². The van der Waals surface area contributed by atoms with Gasteiger partial charge in [0.2, 0.25) is 5.89 Å². The van der Waals surface area contributed by atoms with E-state index in [1.165, 1.54) is 0 Å². The number of benzene rings is 1. The van der Waals surface area contributed by atoms with Gasteiger partial charge in [-0.3, -0.25) is 0 Å². The van der Waals surface area contributed by atoms with E-state index in [0.29, 0.717) is 31.5 Å². The van der Waals surface area contributed by atoms with Crippen molar-refractivity contribution < 1.29 is 14.0 Å². The average molecular weight is 277 g/mol. The number of nitrogens with zero attached hydrogens (tertiary/aromatic N) is 2. The Kier molecular flexibility index (Phi) is 4.81. The molecule has 1 N–H and O–H groups in total. The molecule has 0 saturated carbocycles. The lowest BCUT2D eigenvalue weighted by atomic mass is 10.2. The number of rotatable bonds is 7. The van der Waals surface area contributed by atoms with Gasteiger partial charge >= 0.3 is 0 Å². The lowest BCUT2D eigenvalue weighted by Crippen LogP contribution is -2.04. The molecule has 0 atom stereocenters. The van der Waals surface area contributed by atoms with Gasteiger partial charge in [0, 0.05) is 13.0 Å². The van der Waals surface area contributed by atoms with Gasteiger partial charge in [-0.05, 0) is 26.0 Å². The highest BCUT2D eigenvalue weighted by Gasteiger charge is 2.08. The van der Waals surface area contributed by atoms with Gasteiger partial charge in [-0.2, -0.15) is 4.98 Å². The van der Waals surface area contributed by atoms with Crippen LogP contribution in [0.2, 0.25) is 0 Å². The molecule has 0 radical (unpaired) electrons. The Labute approximate surface area is 118 Å². The van der Waals surface area contributed by atoms with Crippen molar-refractivity contribution in [2.45, 2.75) is 27.3 Å². The van der Waals surface area contributed by atoms with E-state index in [0.717, 1.165) is 17.2 Å². The molecule has 6 nitrogen and oxygen atoms in total. The fourth-order valence-electron chi connectivity index (χ4n) is 1.77. The molecule has 2 rings (SSSR count). The largest absolute Gasteiger partial charge is 0.494 e. The predicted molar refractivity (Wildman–Crippen MR) is 75.1 cm³/mol. The van der Waals surface area contributed by atoms with E-state index >= 15 is 0 Å². The quantitative estimate of drug-likeness (QED) is 0.839. The monoisotopic (exact) mass is 277 g/mol. The van der Waals surface area contributed by atoms with Gasteiger partial charge in [0.25, 0.3) is 0 Å². The summed E-state index contributed by atoms with van der Waals surface area (Å²) in [6.07, 6.45) is 0. The molecule has 0 aliphatic carbocycles. The zero-order valence-electron chi connectivity index (χ0n) is 12.0. The summed E-state index contributed by atoms with van der Waals surface area (Å²) in [7, 11) is 0. The van der Waals surface area contributed by atoms with Crippen LogP contribution in [0.3, 0.4) is 0 Å². The Bertz CT molecular complexity index is 554. The van der Waals surface area contributed by atoms with Crippen LogP contribution < -0.4 is 14.8 Å². The maximum Gasteiger partial charge on any atom is 0.223 e. The normalized spacial score (nSPS) is 10.3. The fourth-order valence-corrected chi connectivity index (χ4v) is 1.77. The second kappa shape index (κ2) is 6.79. The minimum Gasteiger partial charge on any atom is -0.494 e. The van der Waals surface area contributed by atoms with Crippen LogP contribution in [-0.2, 0) is 6.54 Å². The number of hydrogen-bond donors (Lipinski definition) is 1. The molecule has 20 heavy (non-hydrogen) atoms. The molecule has 0 fully saturated rings. The summed E-state index contributed by atoms with van der Waals surface area (Å²) in [4.78, 5) is 4.15. The third-order valence-electron chi connectivity index (χ3n) is 2.57. The number of aromatic nitrogens is 2. The standard InChI is InChI=1S/C14H19N3O3/c1-4-18-11-6-7-13(19-5-2)12(8-11)15-9-14-16-10(3)20-17-14/h6-8,15H,4-5,9H2,1-3H3. The number of anilines is 1. The van der Waals surface area contributed by atoms with E-state index in [9.17, 15) is 0 Å². The molecule has 108 valence electrons. The van der Waals surface area contributed by atoms with Gasteiger partial charge in [0.15, 0.2) is 5.82 Å². The first kappa shape index (κ1) is 14.2. The predicted octanol–water partition coefficient (Wildman–Crippen LogP) is 2.79. The van der Waals surface area contributed by atoms with Crippen molar-refractivity contribution in [1.29, 1.82) is 0 Å². The SMILES string of the molecule is CCOc1ccc(OCC)c(NCc2noc(C)n2)c1. The minimum absolute atomic E-state index is 0.465. The molecule has 0 saturated heterocycles. The summed E-state index contributed by atoms with van der Waals surface area (Å²) in [5.41, 5.74) is 0.847. The van der Waals surface area contributed by atoms with Crippen LogP contribution in [0.25, 0.3) is 0 Å². The van der Waals surface area contributed by atoms with Gasteiger partial charge < -0.3 is 19.3 Å². The molecule has 1 aromatic heterocycles. The van der Waals surface area contributed by atoms with Gasteiger partial charge in [0.05, 0.1) is 25.4 Å². The molecular formula is C14H19N3O3. The van der Waals surface area contributed by atoms with Crippen molar-refractivity contribution in [2.24, 2.45) is 0 Å². The van der Waals surface area contributed by atoms with Crippen LogP contribution in [0.4, 0.5) is 5.69 Å².